The SMILES string of the molecule is COc1ccc(-c2nn3c(c2C)NC(=O)C[C@@H]3C(=O)Nc2cccc(C(C)=O)c2)cc1. The molecule has 0 saturated carbocycles. The number of hydrogen-bond acceptors (Lipinski definition) is 5. The van der Waals surface area contributed by atoms with Crippen LogP contribution in [0.5, 0.6) is 5.75 Å². The monoisotopic (exact) mass is 418 g/mol. The smallest absolute Gasteiger partial charge is 0.249 e. The molecule has 158 valence electrons. The van der Waals surface area contributed by atoms with Gasteiger partial charge in [0.2, 0.25) is 11.8 Å². The first kappa shape index (κ1) is 20.3. The summed E-state index contributed by atoms with van der Waals surface area (Å²) in [7, 11) is 1.60. The number of carbonyl (C=O) groups excluding carboxylic acids is 3. The van der Waals surface area contributed by atoms with Crippen molar-refractivity contribution in [2.75, 3.05) is 17.7 Å². The van der Waals surface area contributed by atoms with E-state index in [4.69, 9.17) is 4.74 Å². The lowest BCUT2D eigenvalue weighted by Gasteiger charge is -2.24. The third kappa shape index (κ3) is 3.92. The van der Waals surface area contributed by atoms with Crippen molar-refractivity contribution in [1.82, 2.24) is 9.78 Å². The molecule has 8 heteroatoms. The number of anilines is 2. The van der Waals surface area contributed by atoms with Crippen LogP contribution in [0.4, 0.5) is 11.5 Å². The second-order valence-electron chi connectivity index (χ2n) is 7.39. The van der Waals surface area contributed by atoms with E-state index >= 15 is 0 Å². The number of carbonyl (C=O) groups is 3. The lowest BCUT2D eigenvalue weighted by molar-refractivity contribution is -0.125. The molecule has 0 radical (unpaired) electrons. The Balaban J connectivity index is 1.66. The highest BCUT2D eigenvalue weighted by Gasteiger charge is 2.34. The average molecular weight is 418 g/mol. The van der Waals surface area contributed by atoms with Gasteiger partial charge >= 0.3 is 0 Å². The molecule has 1 aliphatic rings. The fraction of sp³-hybridized carbons (Fsp3) is 0.217. The molecule has 3 aromatic rings. The third-order valence-corrected chi connectivity index (χ3v) is 5.28. The lowest BCUT2D eigenvalue weighted by atomic mass is 10.1. The largest absolute Gasteiger partial charge is 0.497 e. The topological polar surface area (TPSA) is 102 Å². The lowest BCUT2D eigenvalue weighted by Crippen LogP contribution is -2.36. The first-order valence-electron chi connectivity index (χ1n) is 9.82. The van der Waals surface area contributed by atoms with E-state index in [-0.39, 0.29) is 24.0 Å². The van der Waals surface area contributed by atoms with E-state index in [1.165, 1.54) is 6.92 Å². The van der Waals surface area contributed by atoms with E-state index < -0.39 is 6.04 Å². The highest BCUT2D eigenvalue weighted by molar-refractivity contribution is 6.03. The summed E-state index contributed by atoms with van der Waals surface area (Å²) in [6.45, 7) is 3.32. The normalized spacial score (nSPS) is 15.1. The van der Waals surface area contributed by atoms with Crippen LogP contribution in [0.2, 0.25) is 0 Å². The van der Waals surface area contributed by atoms with Gasteiger partial charge in [0.05, 0.1) is 19.2 Å². The van der Waals surface area contributed by atoms with Gasteiger partial charge in [-0.2, -0.15) is 5.10 Å². The van der Waals surface area contributed by atoms with E-state index in [1.807, 2.05) is 31.2 Å². The molecule has 1 aromatic heterocycles. The Morgan fingerprint density at radius 3 is 2.61 bits per heavy atom. The fourth-order valence-electron chi connectivity index (χ4n) is 3.61. The maximum atomic E-state index is 13.0. The Hall–Kier alpha value is -3.94. The minimum Gasteiger partial charge on any atom is -0.497 e. The summed E-state index contributed by atoms with van der Waals surface area (Å²) in [5.41, 5.74) is 3.29. The second-order valence-corrected chi connectivity index (χ2v) is 7.39. The molecule has 2 amide bonds. The van der Waals surface area contributed by atoms with Crippen LogP contribution in [0.15, 0.2) is 48.5 Å². The van der Waals surface area contributed by atoms with Crippen molar-refractivity contribution in [2.45, 2.75) is 26.3 Å². The Kier molecular flexibility index (Phi) is 5.29. The van der Waals surface area contributed by atoms with Crippen molar-refractivity contribution in [3.05, 3.63) is 59.7 Å². The third-order valence-electron chi connectivity index (χ3n) is 5.28. The number of benzene rings is 2. The maximum absolute atomic E-state index is 13.0. The van der Waals surface area contributed by atoms with Crippen molar-refractivity contribution < 1.29 is 19.1 Å². The fourth-order valence-corrected chi connectivity index (χ4v) is 3.61. The van der Waals surface area contributed by atoms with Crippen molar-refractivity contribution in [3.63, 3.8) is 0 Å². The molecule has 1 aliphatic heterocycles. The first-order valence-corrected chi connectivity index (χ1v) is 9.82. The number of ketones is 1. The van der Waals surface area contributed by atoms with E-state index in [0.717, 1.165) is 16.9 Å². The first-order chi connectivity index (χ1) is 14.9. The molecule has 0 spiro atoms. The molecule has 2 aromatic carbocycles. The van der Waals surface area contributed by atoms with Crippen molar-refractivity contribution in [1.29, 1.82) is 0 Å². The molecule has 1 atom stereocenters. The van der Waals surface area contributed by atoms with Gasteiger partial charge in [-0.05, 0) is 50.2 Å². The molecule has 2 N–H and O–H groups in total. The summed E-state index contributed by atoms with van der Waals surface area (Å²) in [6.07, 6.45) is -0.0333. The molecule has 0 aliphatic carbocycles. The number of rotatable bonds is 5. The van der Waals surface area contributed by atoms with Crippen LogP contribution in [-0.4, -0.2) is 34.5 Å². The number of hydrogen-bond donors (Lipinski definition) is 2. The summed E-state index contributed by atoms with van der Waals surface area (Å²) in [5, 5.41) is 10.3. The quantitative estimate of drug-likeness (QED) is 0.617. The van der Waals surface area contributed by atoms with Gasteiger partial charge in [0, 0.05) is 22.4 Å². The van der Waals surface area contributed by atoms with Crippen molar-refractivity contribution in [3.8, 4) is 17.0 Å². The zero-order valence-corrected chi connectivity index (χ0v) is 17.4. The van der Waals surface area contributed by atoms with Crippen molar-refractivity contribution >= 4 is 29.1 Å². The molecule has 0 bridgehead atoms. The van der Waals surface area contributed by atoms with E-state index in [2.05, 4.69) is 15.7 Å². The summed E-state index contributed by atoms with van der Waals surface area (Å²) in [4.78, 5) is 37.0. The minimum absolute atomic E-state index is 0.0333. The summed E-state index contributed by atoms with van der Waals surface area (Å²) < 4.78 is 6.76. The Morgan fingerprint density at radius 1 is 1.19 bits per heavy atom. The number of Topliss-reactive ketones (excluding diaryl/α,β-unsaturated/α-hetero) is 1. The van der Waals surface area contributed by atoms with Crippen LogP contribution >= 0.6 is 0 Å². The van der Waals surface area contributed by atoms with Crippen molar-refractivity contribution in [2.24, 2.45) is 0 Å². The van der Waals surface area contributed by atoms with E-state index in [0.29, 0.717) is 22.8 Å². The van der Waals surface area contributed by atoms with Gasteiger partial charge in [-0.3, -0.25) is 14.4 Å². The second kappa shape index (κ2) is 8.06. The molecule has 0 saturated heterocycles. The highest BCUT2D eigenvalue weighted by Crippen LogP contribution is 2.35. The molecule has 8 nitrogen and oxygen atoms in total. The summed E-state index contributed by atoms with van der Waals surface area (Å²) >= 11 is 0. The van der Waals surface area contributed by atoms with Gasteiger partial charge in [0.15, 0.2) is 5.78 Å². The Bertz CT molecular complexity index is 1180. The molecule has 31 heavy (non-hydrogen) atoms. The molecule has 4 rings (SSSR count). The molecular weight excluding hydrogens is 396 g/mol. The number of amides is 2. The van der Waals surface area contributed by atoms with Crippen LogP contribution in [0.25, 0.3) is 11.3 Å². The average Bonchev–Trinajstić information content (AvgIpc) is 3.09. The van der Waals surface area contributed by atoms with Gasteiger partial charge < -0.3 is 15.4 Å². The van der Waals surface area contributed by atoms with Gasteiger partial charge in [0.25, 0.3) is 0 Å². The maximum Gasteiger partial charge on any atom is 0.249 e. The molecule has 0 fully saturated rings. The zero-order valence-electron chi connectivity index (χ0n) is 17.4. The van der Waals surface area contributed by atoms with Gasteiger partial charge in [0.1, 0.15) is 17.6 Å². The minimum atomic E-state index is -0.810. The highest BCUT2D eigenvalue weighted by atomic mass is 16.5. The molecule has 2 heterocycles. The zero-order chi connectivity index (χ0) is 22.1. The predicted molar refractivity (Wildman–Crippen MR) is 116 cm³/mol. The standard InChI is InChI=1S/C23H22N4O4/c1-13-21(15-7-9-18(31-3)10-8-15)26-27-19(12-20(29)25-22(13)27)23(30)24-17-6-4-5-16(11-17)14(2)28/h4-11,19H,12H2,1-3H3,(H,24,30)(H,25,29)/t19-/m1/s1. The van der Waals surface area contributed by atoms with Gasteiger partial charge in [-0.1, -0.05) is 12.1 Å². The summed E-state index contributed by atoms with van der Waals surface area (Å²) in [5.74, 6) is 0.501. The van der Waals surface area contributed by atoms with E-state index in [1.54, 1.807) is 36.1 Å². The number of nitrogens with one attached hydrogen (secondary N) is 2. The Labute approximate surface area is 179 Å². The molecular formula is C23H22N4O4. The number of nitrogens with zero attached hydrogens (tertiary/aromatic N) is 2. The van der Waals surface area contributed by atoms with E-state index in [9.17, 15) is 14.4 Å². The summed E-state index contributed by atoms with van der Waals surface area (Å²) in [6, 6.07) is 13.3. The number of ether oxygens (including phenoxy) is 1. The van der Waals surface area contributed by atoms with Crippen LogP contribution in [0, 0.1) is 6.92 Å². The van der Waals surface area contributed by atoms with Gasteiger partial charge in [-0.15, -0.1) is 0 Å². The predicted octanol–water partition coefficient (Wildman–Crippen LogP) is 3.59. The van der Waals surface area contributed by atoms with Crippen LogP contribution < -0.4 is 15.4 Å². The van der Waals surface area contributed by atoms with Crippen LogP contribution in [0.1, 0.15) is 35.3 Å². The number of fused-ring (bicyclic) bond motifs is 1. The molecule has 0 unspecified atom stereocenters. The van der Waals surface area contributed by atoms with Gasteiger partial charge in [-0.25, -0.2) is 4.68 Å². The number of methoxy groups -OCH3 is 1. The van der Waals surface area contributed by atoms with Crippen LogP contribution in [-0.2, 0) is 9.59 Å². The van der Waals surface area contributed by atoms with Crippen LogP contribution in [0.3, 0.4) is 0 Å². The number of aromatic nitrogens is 2. The Morgan fingerprint density at radius 2 is 1.94 bits per heavy atom.